The number of carbonyl (C=O) groups is 3. The molecule has 0 bridgehead atoms. The Morgan fingerprint density at radius 2 is 1.72 bits per heavy atom. The van der Waals surface area contributed by atoms with Gasteiger partial charge in [0.2, 0.25) is 5.91 Å². The molecular weight excluding hydrogens is 434 g/mol. The summed E-state index contributed by atoms with van der Waals surface area (Å²) >= 11 is 1.04. The van der Waals surface area contributed by atoms with Gasteiger partial charge in [-0.2, -0.15) is 0 Å². The van der Waals surface area contributed by atoms with Gasteiger partial charge in [-0.15, -0.1) is 11.3 Å². The predicted octanol–water partition coefficient (Wildman–Crippen LogP) is 2.76. The highest BCUT2D eigenvalue weighted by Gasteiger charge is 2.28. The molecule has 0 unspecified atom stereocenters. The second kappa shape index (κ2) is 11.3. The molecule has 1 N–H and O–H groups in total. The summed E-state index contributed by atoms with van der Waals surface area (Å²) in [6.07, 6.45) is 1.67. The lowest BCUT2D eigenvalue weighted by molar-refractivity contribution is -0.117. The fourth-order valence-electron chi connectivity index (χ4n) is 3.54. The van der Waals surface area contributed by atoms with E-state index in [2.05, 4.69) is 15.1 Å². The first-order chi connectivity index (χ1) is 15.4. The molecule has 1 aliphatic heterocycles. The van der Waals surface area contributed by atoms with E-state index in [9.17, 15) is 14.4 Å². The summed E-state index contributed by atoms with van der Waals surface area (Å²) in [6, 6.07) is 3.83. The monoisotopic (exact) mass is 463 g/mol. The number of hydrogen-bond donors (Lipinski definition) is 1. The number of esters is 2. The van der Waals surface area contributed by atoms with Crippen LogP contribution < -0.4 is 5.32 Å². The first-order valence-corrected chi connectivity index (χ1v) is 11.5. The van der Waals surface area contributed by atoms with Crippen molar-refractivity contribution in [2.75, 3.05) is 51.3 Å². The fourth-order valence-corrected chi connectivity index (χ4v) is 4.64. The number of ether oxygens (including phenoxy) is 2. The third kappa shape index (κ3) is 5.96. The van der Waals surface area contributed by atoms with E-state index in [1.807, 2.05) is 12.1 Å². The normalized spacial score (nSPS) is 14.8. The Balaban J connectivity index is 1.62. The van der Waals surface area contributed by atoms with E-state index in [-0.39, 0.29) is 36.1 Å². The SMILES string of the molecule is CCOC(=O)c1sc(NC(=O)CN2CCN(Cc3ccco3)CC2)c(C(=O)OCC)c1C. The maximum atomic E-state index is 12.7. The highest BCUT2D eigenvalue weighted by molar-refractivity contribution is 7.18. The lowest BCUT2D eigenvalue weighted by Crippen LogP contribution is -2.48. The van der Waals surface area contributed by atoms with Gasteiger partial charge >= 0.3 is 11.9 Å². The van der Waals surface area contributed by atoms with Crippen LogP contribution in [0.2, 0.25) is 0 Å². The molecule has 1 saturated heterocycles. The zero-order chi connectivity index (χ0) is 23.1. The number of carbonyl (C=O) groups excluding carboxylic acids is 3. The van der Waals surface area contributed by atoms with Gasteiger partial charge in [0.1, 0.15) is 15.6 Å². The van der Waals surface area contributed by atoms with Crippen LogP contribution in [0.25, 0.3) is 0 Å². The molecule has 1 fully saturated rings. The number of nitrogens with one attached hydrogen (secondary N) is 1. The van der Waals surface area contributed by atoms with Crippen LogP contribution in [0.3, 0.4) is 0 Å². The Labute approximate surface area is 191 Å². The molecule has 1 amide bonds. The number of nitrogens with zero attached hydrogens (tertiary/aromatic N) is 2. The van der Waals surface area contributed by atoms with E-state index in [4.69, 9.17) is 13.9 Å². The minimum Gasteiger partial charge on any atom is -0.468 e. The Morgan fingerprint density at radius 3 is 2.34 bits per heavy atom. The number of hydrogen-bond acceptors (Lipinski definition) is 9. The summed E-state index contributed by atoms with van der Waals surface area (Å²) in [7, 11) is 0. The summed E-state index contributed by atoms with van der Waals surface area (Å²) in [5.41, 5.74) is 0.658. The number of rotatable bonds is 9. The molecule has 0 spiro atoms. The van der Waals surface area contributed by atoms with Crippen LogP contribution in [0, 0.1) is 6.92 Å². The van der Waals surface area contributed by atoms with Crippen LogP contribution in [0.5, 0.6) is 0 Å². The molecule has 10 heteroatoms. The number of amides is 1. The third-order valence-electron chi connectivity index (χ3n) is 5.13. The van der Waals surface area contributed by atoms with E-state index in [0.717, 1.165) is 49.8 Å². The Morgan fingerprint density at radius 1 is 1.06 bits per heavy atom. The van der Waals surface area contributed by atoms with Gasteiger partial charge in [-0.25, -0.2) is 9.59 Å². The highest BCUT2D eigenvalue weighted by atomic mass is 32.1. The van der Waals surface area contributed by atoms with Crippen molar-refractivity contribution in [2.24, 2.45) is 0 Å². The summed E-state index contributed by atoms with van der Waals surface area (Å²) in [6.45, 7) is 9.58. The Bertz CT molecular complexity index is 932. The van der Waals surface area contributed by atoms with E-state index >= 15 is 0 Å². The van der Waals surface area contributed by atoms with Gasteiger partial charge in [-0.3, -0.25) is 14.6 Å². The van der Waals surface area contributed by atoms with Gasteiger partial charge in [0.05, 0.1) is 38.1 Å². The van der Waals surface area contributed by atoms with Crippen molar-refractivity contribution in [3.8, 4) is 0 Å². The lowest BCUT2D eigenvalue weighted by atomic mass is 10.1. The molecule has 0 saturated carbocycles. The van der Waals surface area contributed by atoms with Gasteiger partial charge in [0, 0.05) is 26.2 Å². The predicted molar refractivity (Wildman–Crippen MR) is 120 cm³/mol. The largest absolute Gasteiger partial charge is 0.468 e. The molecule has 3 rings (SSSR count). The van der Waals surface area contributed by atoms with Gasteiger partial charge < -0.3 is 19.2 Å². The molecule has 2 aromatic heterocycles. The van der Waals surface area contributed by atoms with Gasteiger partial charge in [-0.05, 0) is 38.5 Å². The molecule has 32 heavy (non-hydrogen) atoms. The van der Waals surface area contributed by atoms with Gasteiger partial charge in [-0.1, -0.05) is 0 Å². The van der Waals surface area contributed by atoms with E-state index in [1.165, 1.54) is 0 Å². The number of piperazine rings is 1. The summed E-state index contributed by atoms with van der Waals surface area (Å²) in [5, 5.41) is 3.11. The molecule has 0 radical (unpaired) electrons. The molecule has 0 atom stereocenters. The van der Waals surface area contributed by atoms with Crippen molar-refractivity contribution < 1.29 is 28.3 Å². The molecule has 0 aromatic carbocycles. The second-order valence-corrected chi connectivity index (χ2v) is 8.40. The number of furan rings is 1. The Hall–Kier alpha value is -2.69. The summed E-state index contributed by atoms with van der Waals surface area (Å²) in [5.74, 6) is -0.410. The number of anilines is 1. The van der Waals surface area contributed by atoms with Crippen molar-refractivity contribution in [3.63, 3.8) is 0 Å². The van der Waals surface area contributed by atoms with Crippen molar-refractivity contribution in [1.29, 1.82) is 0 Å². The standard InChI is InChI=1S/C22H29N3O6S/c1-4-29-21(27)18-15(3)19(22(28)30-5-2)32-20(18)23-17(26)14-25-10-8-24(9-11-25)13-16-7-6-12-31-16/h6-7,12H,4-5,8-11,13-14H2,1-3H3,(H,23,26). The van der Waals surface area contributed by atoms with E-state index in [1.54, 1.807) is 27.0 Å². The first-order valence-electron chi connectivity index (χ1n) is 10.7. The molecule has 3 heterocycles. The average Bonchev–Trinajstić information content (AvgIpc) is 3.37. The van der Waals surface area contributed by atoms with Crippen molar-refractivity contribution in [3.05, 3.63) is 40.2 Å². The van der Waals surface area contributed by atoms with Crippen LogP contribution in [-0.2, 0) is 20.8 Å². The first kappa shape index (κ1) is 24.0. The van der Waals surface area contributed by atoms with E-state index < -0.39 is 11.9 Å². The summed E-state index contributed by atoms with van der Waals surface area (Å²) < 4.78 is 15.6. The minimum absolute atomic E-state index is 0.193. The average molecular weight is 464 g/mol. The molecule has 174 valence electrons. The molecule has 1 aliphatic rings. The van der Waals surface area contributed by atoms with Crippen LogP contribution in [0.15, 0.2) is 22.8 Å². The third-order valence-corrected chi connectivity index (χ3v) is 6.32. The summed E-state index contributed by atoms with van der Waals surface area (Å²) in [4.78, 5) is 42.1. The van der Waals surface area contributed by atoms with E-state index in [0.29, 0.717) is 10.6 Å². The van der Waals surface area contributed by atoms with Gasteiger partial charge in [0.25, 0.3) is 0 Å². The molecule has 2 aromatic rings. The number of thiophene rings is 1. The minimum atomic E-state index is -0.571. The zero-order valence-corrected chi connectivity index (χ0v) is 19.5. The topological polar surface area (TPSA) is 101 Å². The molecule has 0 aliphatic carbocycles. The van der Waals surface area contributed by atoms with Gasteiger partial charge in [0.15, 0.2) is 0 Å². The second-order valence-electron chi connectivity index (χ2n) is 7.38. The zero-order valence-electron chi connectivity index (χ0n) is 18.6. The quantitative estimate of drug-likeness (QED) is 0.567. The maximum Gasteiger partial charge on any atom is 0.348 e. The van der Waals surface area contributed by atoms with Crippen LogP contribution in [0.4, 0.5) is 5.00 Å². The Kier molecular flexibility index (Phi) is 8.43. The highest BCUT2D eigenvalue weighted by Crippen LogP contribution is 2.34. The van der Waals surface area contributed by atoms with Crippen molar-refractivity contribution in [1.82, 2.24) is 9.80 Å². The van der Waals surface area contributed by atoms with Crippen LogP contribution >= 0.6 is 11.3 Å². The fraction of sp³-hybridized carbons (Fsp3) is 0.500. The smallest absolute Gasteiger partial charge is 0.348 e. The molecule has 9 nitrogen and oxygen atoms in total. The van der Waals surface area contributed by atoms with Crippen LogP contribution in [0.1, 0.15) is 45.2 Å². The van der Waals surface area contributed by atoms with Crippen molar-refractivity contribution >= 4 is 34.2 Å². The lowest BCUT2D eigenvalue weighted by Gasteiger charge is -2.33. The maximum absolute atomic E-state index is 12.7. The van der Waals surface area contributed by atoms with Crippen LogP contribution in [-0.4, -0.2) is 73.6 Å². The van der Waals surface area contributed by atoms with Crippen molar-refractivity contribution in [2.45, 2.75) is 27.3 Å². The molecular formula is C22H29N3O6S.